The van der Waals surface area contributed by atoms with Gasteiger partial charge in [0.2, 0.25) is 0 Å². The molecule has 0 unspecified atom stereocenters. The lowest BCUT2D eigenvalue weighted by Gasteiger charge is -2.25. The second-order valence-electron chi connectivity index (χ2n) is 4.47. The van der Waals surface area contributed by atoms with Crippen LogP contribution in [0, 0.1) is 5.41 Å². The first-order valence-electron chi connectivity index (χ1n) is 4.47. The summed E-state index contributed by atoms with van der Waals surface area (Å²) in [4.78, 5) is 0. The molecule has 13 heavy (non-hydrogen) atoms. The van der Waals surface area contributed by atoms with Gasteiger partial charge < -0.3 is 16.1 Å². The van der Waals surface area contributed by atoms with Gasteiger partial charge in [0.15, 0.2) is 0 Å². The maximum Gasteiger partial charge on any atom is 0.0398 e. The zero-order valence-electron chi connectivity index (χ0n) is 9.09. The fraction of sp³-hybridized carbons (Fsp3) is 0.778. The van der Waals surface area contributed by atoms with Gasteiger partial charge in [-0.05, 0) is 12.5 Å². The van der Waals surface area contributed by atoms with Crippen molar-refractivity contribution in [2.45, 2.75) is 20.8 Å². The molecule has 0 amide bonds. The zero-order valence-corrected chi connectivity index (χ0v) is 9.09. The van der Waals surface area contributed by atoms with Crippen LogP contribution in [0.3, 0.4) is 0 Å². The summed E-state index contributed by atoms with van der Waals surface area (Å²) >= 11 is 0. The molecule has 0 atom stereocenters. The highest BCUT2D eigenvalue weighted by molar-refractivity contribution is 4.97. The Hall–Kier alpha value is -0.740. The van der Waals surface area contributed by atoms with Gasteiger partial charge in [-0.3, -0.25) is 0 Å². The SMILES string of the molecule is CNC/C(N)=C/N(N)CC(C)(C)C. The molecule has 0 aromatic heterocycles. The van der Waals surface area contributed by atoms with Gasteiger partial charge in [0.05, 0.1) is 0 Å². The molecule has 0 aliphatic rings. The molecule has 0 radical (unpaired) electrons. The van der Waals surface area contributed by atoms with E-state index in [0.29, 0.717) is 6.54 Å². The van der Waals surface area contributed by atoms with Gasteiger partial charge in [0, 0.05) is 25.0 Å². The highest BCUT2D eigenvalue weighted by Crippen LogP contribution is 2.13. The zero-order chi connectivity index (χ0) is 10.5. The van der Waals surface area contributed by atoms with Crippen LogP contribution in [0.5, 0.6) is 0 Å². The first kappa shape index (κ1) is 12.3. The standard InChI is InChI=1S/C9H22N4/c1-9(2,3)7-13(11)6-8(10)5-12-4/h6,12H,5,7,10-11H2,1-4H3/b8-6-. The molecule has 0 saturated heterocycles. The van der Waals surface area contributed by atoms with Crippen LogP contribution in [0.2, 0.25) is 0 Å². The number of hydrazine groups is 1. The molecule has 0 fully saturated rings. The van der Waals surface area contributed by atoms with Gasteiger partial charge >= 0.3 is 0 Å². The minimum atomic E-state index is 0.186. The average Bonchev–Trinajstić information content (AvgIpc) is 1.81. The first-order valence-corrected chi connectivity index (χ1v) is 4.47. The predicted molar refractivity (Wildman–Crippen MR) is 56.5 cm³/mol. The molecule has 0 aliphatic carbocycles. The minimum Gasteiger partial charge on any atom is -0.400 e. The Morgan fingerprint density at radius 2 is 2.00 bits per heavy atom. The average molecular weight is 186 g/mol. The molecule has 0 rings (SSSR count). The van der Waals surface area contributed by atoms with E-state index in [4.69, 9.17) is 11.6 Å². The Morgan fingerprint density at radius 1 is 1.46 bits per heavy atom. The number of hydrogen-bond donors (Lipinski definition) is 3. The maximum atomic E-state index is 5.74. The molecule has 0 heterocycles. The lowest BCUT2D eigenvalue weighted by Crippen LogP contribution is -2.35. The summed E-state index contributed by atoms with van der Waals surface area (Å²) in [6, 6.07) is 0. The van der Waals surface area contributed by atoms with E-state index in [2.05, 4.69) is 26.1 Å². The van der Waals surface area contributed by atoms with E-state index < -0.39 is 0 Å². The minimum absolute atomic E-state index is 0.186. The summed E-state index contributed by atoms with van der Waals surface area (Å²) in [7, 11) is 1.85. The van der Waals surface area contributed by atoms with Gasteiger partial charge in [0.25, 0.3) is 0 Å². The van der Waals surface area contributed by atoms with Gasteiger partial charge in [-0.1, -0.05) is 20.8 Å². The van der Waals surface area contributed by atoms with Crippen molar-refractivity contribution in [2.24, 2.45) is 17.0 Å². The van der Waals surface area contributed by atoms with Crippen LogP contribution in [0.15, 0.2) is 11.9 Å². The normalized spacial score (nSPS) is 13.2. The largest absolute Gasteiger partial charge is 0.400 e. The summed E-state index contributed by atoms with van der Waals surface area (Å²) < 4.78 is 0. The van der Waals surface area contributed by atoms with E-state index in [1.165, 1.54) is 0 Å². The van der Waals surface area contributed by atoms with E-state index in [1.54, 1.807) is 11.2 Å². The van der Waals surface area contributed by atoms with Crippen LogP contribution >= 0.6 is 0 Å². The molecule has 4 heteroatoms. The Kier molecular flexibility index (Phi) is 4.80. The van der Waals surface area contributed by atoms with E-state index in [9.17, 15) is 0 Å². The molecule has 0 saturated carbocycles. The molecular formula is C9H22N4. The summed E-state index contributed by atoms with van der Waals surface area (Å²) in [5, 5.41) is 4.59. The van der Waals surface area contributed by atoms with Crippen molar-refractivity contribution in [1.29, 1.82) is 0 Å². The molecule has 0 aliphatic heterocycles. The topological polar surface area (TPSA) is 67.3 Å². The van der Waals surface area contributed by atoms with E-state index in [-0.39, 0.29) is 5.41 Å². The third kappa shape index (κ3) is 7.62. The second kappa shape index (κ2) is 5.09. The van der Waals surface area contributed by atoms with Crippen molar-refractivity contribution in [1.82, 2.24) is 10.3 Å². The number of nitrogens with one attached hydrogen (secondary N) is 1. The molecule has 5 N–H and O–H groups in total. The fourth-order valence-electron chi connectivity index (χ4n) is 1.06. The van der Waals surface area contributed by atoms with Gasteiger partial charge in [-0.25, -0.2) is 5.84 Å². The molecule has 0 aromatic carbocycles. The lowest BCUT2D eigenvalue weighted by molar-refractivity contribution is 0.254. The van der Waals surface area contributed by atoms with Crippen LogP contribution in [0.25, 0.3) is 0 Å². The fourth-order valence-corrected chi connectivity index (χ4v) is 1.06. The van der Waals surface area contributed by atoms with E-state index in [1.807, 2.05) is 7.05 Å². The summed E-state index contributed by atoms with van der Waals surface area (Å²) in [5.41, 5.74) is 6.61. The smallest absolute Gasteiger partial charge is 0.0398 e. The first-order chi connectivity index (χ1) is 5.85. The number of rotatable bonds is 4. The monoisotopic (exact) mass is 186 g/mol. The van der Waals surface area contributed by atoms with E-state index in [0.717, 1.165) is 12.2 Å². The molecule has 0 spiro atoms. The van der Waals surface area contributed by atoms with Crippen LogP contribution < -0.4 is 16.9 Å². The second-order valence-corrected chi connectivity index (χ2v) is 4.47. The number of likely N-dealkylation sites (N-methyl/N-ethyl adjacent to an activating group) is 1. The van der Waals surface area contributed by atoms with Gasteiger partial charge in [0.1, 0.15) is 0 Å². The Labute approximate surface area is 80.9 Å². The van der Waals surface area contributed by atoms with Crippen molar-refractivity contribution in [3.8, 4) is 0 Å². The lowest BCUT2D eigenvalue weighted by atomic mass is 9.97. The molecule has 0 aromatic rings. The number of nitrogens with zero attached hydrogens (tertiary/aromatic N) is 1. The molecule has 0 bridgehead atoms. The van der Waals surface area contributed by atoms with Crippen LogP contribution in [0.4, 0.5) is 0 Å². The van der Waals surface area contributed by atoms with Crippen LogP contribution in [0.1, 0.15) is 20.8 Å². The number of hydrogen-bond acceptors (Lipinski definition) is 4. The molecular weight excluding hydrogens is 164 g/mol. The van der Waals surface area contributed by atoms with Crippen LogP contribution in [-0.2, 0) is 0 Å². The summed E-state index contributed by atoms with van der Waals surface area (Å²) in [6.45, 7) is 7.86. The summed E-state index contributed by atoms with van der Waals surface area (Å²) in [5.74, 6) is 5.74. The van der Waals surface area contributed by atoms with Gasteiger partial charge in [-0.2, -0.15) is 0 Å². The van der Waals surface area contributed by atoms with Crippen LogP contribution in [-0.4, -0.2) is 25.1 Å². The highest BCUT2D eigenvalue weighted by atomic mass is 15.4. The quantitative estimate of drug-likeness (QED) is 0.434. The Bertz CT molecular complexity index is 169. The van der Waals surface area contributed by atoms with E-state index >= 15 is 0 Å². The van der Waals surface area contributed by atoms with Crippen molar-refractivity contribution in [3.63, 3.8) is 0 Å². The summed E-state index contributed by atoms with van der Waals surface area (Å²) in [6.07, 6.45) is 1.77. The molecule has 78 valence electrons. The number of nitrogens with two attached hydrogens (primary N) is 2. The molecule has 4 nitrogen and oxygen atoms in total. The van der Waals surface area contributed by atoms with Gasteiger partial charge in [-0.15, -0.1) is 0 Å². The third-order valence-electron chi connectivity index (χ3n) is 1.37. The Balaban J connectivity index is 3.98. The maximum absolute atomic E-state index is 5.74. The Morgan fingerprint density at radius 3 is 2.38 bits per heavy atom. The van der Waals surface area contributed by atoms with Crippen molar-refractivity contribution < 1.29 is 0 Å². The third-order valence-corrected chi connectivity index (χ3v) is 1.37. The highest BCUT2D eigenvalue weighted by Gasteiger charge is 2.11. The van der Waals surface area contributed by atoms with Crippen molar-refractivity contribution >= 4 is 0 Å². The predicted octanol–water partition coefficient (Wildman–Crippen LogP) is 0.228. The van der Waals surface area contributed by atoms with Crippen molar-refractivity contribution in [3.05, 3.63) is 11.9 Å². The van der Waals surface area contributed by atoms with Crippen molar-refractivity contribution in [2.75, 3.05) is 20.1 Å².